The van der Waals surface area contributed by atoms with E-state index in [-0.39, 0.29) is 11.9 Å². The molecule has 0 radical (unpaired) electrons. The number of rotatable bonds is 7. The van der Waals surface area contributed by atoms with Crippen LogP contribution in [0.2, 0.25) is 0 Å². The summed E-state index contributed by atoms with van der Waals surface area (Å²) in [5, 5.41) is 0. The zero-order valence-corrected chi connectivity index (χ0v) is 17.2. The number of anilines is 1. The van der Waals surface area contributed by atoms with E-state index in [1.54, 1.807) is 7.11 Å². The molecule has 0 N–H and O–H groups in total. The van der Waals surface area contributed by atoms with Gasteiger partial charge in [-0.15, -0.1) is 0 Å². The van der Waals surface area contributed by atoms with Gasteiger partial charge in [0.25, 0.3) is 0 Å². The van der Waals surface area contributed by atoms with E-state index in [1.807, 2.05) is 49.1 Å². The van der Waals surface area contributed by atoms with E-state index in [2.05, 4.69) is 34.1 Å². The second-order valence-corrected chi connectivity index (χ2v) is 7.05. The Hall–Kier alpha value is -2.53. The van der Waals surface area contributed by atoms with Crippen molar-refractivity contribution in [1.29, 1.82) is 0 Å². The van der Waals surface area contributed by atoms with Crippen molar-refractivity contribution in [2.75, 3.05) is 51.3 Å². The molecule has 1 unspecified atom stereocenters. The Bertz CT molecular complexity index is 753. The number of amides is 1. The molecule has 5 nitrogen and oxygen atoms in total. The molecule has 2 aromatic rings. The largest absolute Gasteiger partial charge is 0.497 e. The maximum atomic E-state index is 13.3. The third-order valence-corrected chi connectivity index (χ3v) is 5.52. The number of benzene rings is 2. The number of carbonyl (C=O) groups excluding carboxylic acids is 1. The van der Waals surface area contributed by atoms with Crippen LogP contribution in [0.1, 0.15) is 25.5 Å². The van der Waals surface area contributed by atoms with Crippen molar-refractivity contribution in [3.8, 4) is 5.75 Å². The average Bonchev–Trinajstić information content (AvgIpc) is 2.76. The van der Waals surface area contributed by atoms with Crippen molar-refractivity contribution < 1.29 is 9.53 Å². The Morgan fingerprint density at radius 3 is 2.29 bits per heavy atom. The van der Waals surface area contributed by atoms with E-state index in [9.17, 15) is 4.79 Å². The molecule has 1 aliphatic heterocycles. The van der Waals surface area contributed by atoms with Gasteiger partial charge in [0.05, 0.1) is 7.11 Å². The Kier molecular flexibility index (Phi) is 6.93. The van der Waals surface area contributed by atoms with Crippen LogP contribution in [0.25, 0.3) is 0 Å². The van der Waals surface area contributed by atoms with Crippen LogP contribution in [0.4, 0.5) is 5.69 Å². The highest BCUT2D eigenvalue weighted by Gasteiger charge is 2.32. The van der Waals surface area contributed by atoms with Crippen LogP contribution >= 0.6 is 0 Å². The molecule has 0 bridgehead atoms. The third-order valence-electron chi connectivity index (χ3n) is 5.52. The SMILES string of the molecule is CCN(CC)C(=O)C(c1ccccc1)N1CCN(c2cccc(OC)c2)CC1. The second kappa shape index (κ2) is 9.60. The number of carbonyl (C=O) groups is 1. The molecule has 3 rings (SSSR count). The van der Waals surface area contributed by atoms with E-state index < -0.39 is 0 Å². The van der Waals surface area contributed by atoms with Crippen molar-refractivity contribution >= 4 is 11.6 Å². The number of hydrogen-bond donors (Lipinski definition) is 0. The van der Waals surface area contributed by atoms with Gasteiger partial charge < -0.3 is 14.5 Å². The molecule has 1 aliphatic rings. The van der Waals surface area contributed by atoms with Crippen LogP contribution in [0.5, 0.6) is 5.75 Å². The van der Waals surface area contributed by atoms with Crippen LogP contribution in [-0.4, -0.2) is 62.1 Å². The van der Waals surface area contributed by atoms with Crippen molar-refractivity contribution in [3.05, 3.63) is 60.2 Å². The molecule has 0 saturated carbocycles. The first-order chi connectivity index (χ1) is 13.7. The predicted octanol–water partition coefficient (Wildman–Crippen LogP) is 3.43. The number of likely N-dealkylation sites (N-methyl/N-ethyl adjacent to an activating group) is 1. The standard InChI is InChI=1S/C23H31N3O2/c1-4-24(5-2)23(27)22(19-10-7-6-8-11-19)26-16-14-25(15-17-26)20-12-9-13-21(18-20)28-3/h6-13,18,22H,4-5,14-17H2,1-3H3. The first-order valence-electron chi connectivity index (χ1n) is 10.1. The first kappa shape index (κ1) is 20.2. The molecule has 0 aliphatic carbocycles. The number of nitrogens with zero attached hydrogens (tertiary/aromatic N) is 3. The highest BCUT2D eigenvalue weighted by atomic mass is 16.5. The maximum Gasteiger partial charge on any atom is 0.244 e. The summed E-state index contributed by atoms with van der Waals surface area (Å²) in [7, 11) is 1.69. The molecule has 0 aromatic heterocycles. The van der Waals surface area contributed by atoms with E-state index in [1.165, 1.54) is 5.69 Å². The molecule has 5 heteroatoms. The zero-order valence-electron chi connectivity index (χ0n) is 17.2. The fourth-order valence-electron chi connectivity index (χ4n) is 3.90. The Labute approximate surface area is 168 Å². The molecule has 1 amide bonds. The molecular weight excluding hydrogens is 350 g/mol. The van der Waals surface area contributed by atoms with Crippen LogP contribution < -0.4 is 9.64 Å². The smallest absolute Gasteiger partial charge is 0.244 e. The summed E-state index contributed by atoms with van der Waals surface area (Å²) in [4.78, 5) is 19.9. The quantitative estimate of drug-likeness (QED) is 0.736. The van der Waals surface area contributed by atoms with Gasteiger partial charge in [0.15, 0.2) is 0 Å². The number of piperazine rings is 1. The zero-order chi connectivity index (χ0) is 19.9. The average molecular weight is 382 g/mol. The normalized spacial score (nSPS) is 15.9. The minimum atomic E-state index is -0.214. The van der Waals surface area contributed by atoms with Crippen molar-refractivity contribution in [2.24, 2.45) is 0 Å². The van der Waals surface area contributed by atoms with Crippen molar-refractivity contribution in [3.63, 3.8) is 0 Å². The lowest BCUT2D eigenvalue weighted by atomic mass is 10.0. The summed E-state index contributed by atoms with van der Waals surface area (Å²) in [6.45, 7) is 9.05. The van der Waals surface area contributed by atoms with Crippen LogP contribution in [0.15, 0.2) is 54.6 Å². The molecular formula is C23H31N3O2. The minimum absolute atomic E-state index is 0.200. The first-order valence-corrected chi connectivity index (χ1v) is 10.1. The molecule has 2 aromatic carbocycles. The van der Waals surface area contributed by atoms with Crippen LogP contribution in [-0.2, 0) is 4.79 Å². The summed E-state index contributed by atoms with van der Waals surface area (Å²) in [5.41, 5.74) is 2.25. The molecule has 1 saturated heterocycles. The molecule has 150 valence electrons. The molecule has 1 heterocycles. The molecule has 1 fully saturated rings. The number of hydrogen-bond acceptors (Lipinski definition) is 4. The Morgan fingerprint density at radius 2 is 1.68 bits per heavy atom. The summed E-state index contributed by atoms with van der Waals surface area (Å²) in [6.07, 6.45) is 0. The summed E-state index contributed by atoms with van der Waals surface area (Å²) >= 11 is 0. The van der Waals surface area contributed by atoms with E-state index in [0.29, 0.717) is 0 Å². The van der Waals surface area contributed by atoms with Crippen molar-refractivity contribution in [2.45, 2.75) is 19.9 Å². The Morgan fingerprint density at radius 1 is 1.00 bits per heavy atom. The molecule has 28 heavy (non-hydrogen) atoms. The summed E-state index contributed by atoms with van der Waals surface area (Å²) in [6, 6.07) is 18.2. The molecule has 1 atom stereocenters. The van der Waals surface area contributed by atoms with E-state index in [4.69, 9.17) is 4.74 Å². The molecule has 0 spiro atoms. The maximum absolute atomic E-state index is 13.3. The topological polar surface area (TPSA) is 36.0 Å². The number of methoxy groups -OCH3 is 1. The second-order valence-electron chi connectivity index (χ2n) is 7.05. The lowest BCUT2D eigenvalue weighted by Crippen LogP contribution is -2.51. The fraction of sp³-hybridized carbons (Fsp3) is 0.435. The predicted molar refractivity (Wildman–Crippen MR) is 114 cm³/mol. The highest BCUT2D eigenvalue weighted by molar-refractivity contribution is 5.83. The number of ether oxygens (including phenoxy) is 1. The van der Waals surface area contributed by atoms with Crippen molar-refractivity contribution in [1.82, 2.24) is 9.80 Å². The lowest BCUT2D eigenvalue weighted by molar-refractivity contribution is -0.137. The van der Waals surface area contributed by atoms with Gasteiger partial charge in [0.2, 0.25) is 5.91 Å². The van der Waals surface area contributed by atoms with Gasteiger partial charge in [-0.05, 0) is 31.5 Å². The van der Waals surface area contributed by atoms with Gasteiger partial charge >= 0.3 is 0 Å². The monoisotopic (exact) mass is 381 g/mol. The van der Waals surface area contributed by atoms with Gasteiger partial charge in [-0.25, -0.2) is 0 Å². The summed E-state index contributed by atoms with van der Waals surface area (Å²) < 4.78 is 5.36. The van der Waals surface area contributed by atoms with Crippen LogP contribution in [0.3, 0.4) is 0 Å². The van der Waals surface area contributed by atoms with Crippen LogP contribution in [0, 0.1) is 0 Å². The minimum Gasteiger partial charge on any atom is -0.497 e. The van der Waals surface area contributed by atoms with Gasteiger partial charge in [-0.1, -0.05) is 36.4 Å². The fourth-order valence-corrected chi connectivity index (χ4v) is 3.90. The van der Waals surface area contributed by atoms with Gasteiger partial charge in [-0.3, -0.25) is 9.69 Å². The van der Waals surface area contributed by atoms with E-state index >= 15 is 0 Å². The van der Waals surface area contributed by atoms with Gasteiger partial charge in [-0.2, -0.15) is 0 Å². The third kappa shape index (κ3) is 4.47. The van der Waals surface area contributed by atoms with E-state index in [0.717, 1.165) is 50.6 Å². The summed E-state index contributed by atoms with van der Waals surface area (Å²) in [5.74, 6) is 1.07. The Balaban J connectivity index is 1.76. The lowest BCUT2D eigenvalue weighted by Gasteiger charge is -2.41. The highest BCUT2D eigenvalue weighted by Crippen LogP contribution is 2.27. The van der Waals surface area contributed by atoms with Gasteiger partial charge in [0, 0.05) is 51.0 Å². The van der Waals surface area contributed by atoms with Gasteiger partial charge in [0.1, 0.15) is 11.8 Å².